The van der Waals surface area contributed by atoms with Crippen molar-refractivity contribution in [1.82, 2.24) is 9.88 Å². The van der Waals surface area contributed by atoms with Crippen LogP contribution in [0.2, 0.25) is 0 Å². The highest BCUT2D eigenvalue weighted by atomic mass is 16.5. The Morgan fingerprint density at radius 3 is 2.39 bits per heavy atom. The summed E-state index contributed by atoms with van der Waals surface area (Å²) in [7, 11) is 0. The molecule has 38 heavy (non-hydrogen) atoms. The van der Waals surface area contributed by atoms with E-state index in [1.54, 1.807) is 6.20 Å². The van der Waals surface area contributed by atoms with Crippen LogP contribution in [0.4, 0.5) is 5.69 Å². The summed E-state index contributed by atoms with van der Waals surface area (Å²) in [6.07, 6.45) is 5.35. The van der Waals surface area contributed by atoms with Crippen molar-refractivity contribution in [3.8, 4) is 5.75 Å². The van der Waals surface area contributed by atoms with E-state index in [1.807, 2.05) is 72.5 Å². The number of pyridine rings is 1. The highest BCUT2D eigenvalue weighted by Gasteiger charge is 2.27. The number of ether oxygens (including phenoxy) is 1. The van der Waals surface area contributed by atoms with Crippen molar-refractivity contribution in [2.45, 2.75) is 51.7 Å². The number of aromatic nitrogens is 1. The van der Waals surface area contributed by atoms with E-state index < -0.39 is 0 Å². The molecule has 200 valence electrons. The highest BCUT2D eigenvalue weighted by Crippen LogP contribution is 2.27. The van der Waals surface area contributed by atoms with E-state index in [0.717, 1.165) is 55.2 Å². The monoisotopic (exact) mass is 514 g/mol. The molecule has 3 aromatic rings. The Morgan fingerprint density at radius 1 is 1.03 bits per heavy atom. The third-order valence-electron chi connectivity index (χ3n) is 7.28. The van der Waals surface area contributed by atoms with E-state index in [1.165, 1.54) is 0 Å². The van der Waals surface area contributed by atoms with E-state index in [2.05, 4.69) is 22.0 Å². The number of benzene rings is 2. The van der Waals surface area contributed by atoms with Gasteiger partial charge in [0.1, 0.15) is 12.4 Å². The molecule has 2 heterocycles. The minimum Gasteiger partial charge on any atom is -0.489 e. The van der Waals surface area contributed by atoms with Crippen LogP contribution in [0.1, 0.15) is 43.9 Å². The van der Waals surface area contributed by atoms with Gasteiger partial charge >= 0.3 is 0 Å². The van der Waals surface area contributed by atoms with Crippen molar-refractivity contribution < 1.29 is 14.3 Å². The van der Waals surface area contributed by atoms with Gasteiger partial charge in [-0.05, 0) is 67.6 Å². The van der Waals surface area contributed by atoms with Crippen LogP contribution in [-0.2, 0) is 22.6 Å². The molecular formula is C31H38N4O3. The average molecular weight is 515 g/mol. The molecule has 1 fully saturated rings. The molecule has 2 N–H and O–H groups in total. The zero-order valence-electron chi connectivity index (χ0n) is 22.2. The Morgan fingerprint density at radius 2 is 1.74 bits per heavy atom. The molecule has 0 radical (unpaired) electrons. The summed E-state index contributed by atoms with van der Waals surface area (Å²) < 4.78 is 5.97. The molecule has 1 aliphatic rings. The van der Waals surface area contributed by atoms with E-state index in [9.17, 15) is 9.59 Å². The number of carbonyl (C=O) groups is 2. The van der Waals surface area contributed by atoms with Crippen molar-refractivity contribution in [3.63, 3.8) is 0 Å². The van der Waals surface area contributed by atoms with Crippen LogP contribution in [0.3, 0.4) is 0 Å². The second-order valence-corrected chi connectivity index (χ2v) is 9.99. The fourth-order valence-electron chi connectivity index (χ4n) is 4.84. The maximum Gasteiger partial charge on any atom is 0.222 e. The van der Waals surface area contributed by atoms with Crippen LogP contribution < -0.4 is 15.4 Å². The van der Waals surface area contributed by atoms with Gasteiger partial charge in [-0.2, -0.15) is 0 Å². The number of amides is 2. The number of hydrogen-bond donors (Lipinski definition) is 1. The van der Waals surface area contributed by atoms with Crippen LogP contribution in [0.25, 0.3) is 0 Å². The predicted octanol–water partition coefficient (Wildman–Crippen LogP) is 4.60. The number of likely N-dealkylation sites (tertiary alicyclic amines) is 1. The van der Waals surface area contributed by atoms with E-state index in [0.29, 0.717) is 25.9 Å². The fourth-order valence-corrected chi connectivity index (χ4v) is 4.84. The van der Waals surface area contributed by atoms with Gasteiger partial charge in [0, 0.05) is 55.6 Å². The average Bonchev–Trinajstić information content (AvgIpc) is 2.96. The molecule has 1 unspecified atom stereocenters. The van der Waals surface area contributed by atoms with Gasteiger partial charge in [-0.25, -0.2) is 0 Å². The zero-order valence-corrected chi connectivity index (χ0v) is 22.2. The second kappa shape index (κ2) is 13.6. The van der Waals surface area contributed by atoms with Gasteiger partial charge in [0.25, 0.3) is 0 Å². The summed E-state index contributed by atoms with van der Waals surface area (Å²) >= 11 is 0. The van der Waals surface area contributed by atoms with E-state index in [4.69, 9.17) is 10.5 Å². The van der Waals surface area contributed by atoms with Crippen molar-refractivity contribution >= 4 is 17.5 Å². The summed E-state index contributed by atoms with van der Waals surface area (Å²) in [4.78, 5) is 33.2. The minimum absolute atomic E-state index is 0.183. The summed E-state index contributed by atoms with van der Waals surface area (Å²) in [5, 5.41) is 0. The van der Waals surface area contributed by atoms with Gasteiger partial charge < -0.3 is 20.3 Å². The first kappa shape index (κ1) is 27.2. The van der Waals surface area contributed by atoms with Crippen LogP contribution in [0.15, 0.2) is 79.0 Å². The first-order chi connectivity index (χ1) is 18.5. The SMILES string of the molecule is CC(CCN(c1ccc(OCc2ccccc2)cc1)C1CCN(C(=O)CCc2ccccn2)CC1)C(N)=O. The molecule has 2 amide bonds. The third kappa shape index (κ3) is 7.81. The van der Waals surface area contributed by atoms with Gasteiger partial charge in [-0.3, -0.25) is 14.6 Å². The molecule has 0 spiro atoms. The number of aryl methyl sites for hydroxylation is 1. The molecule has 7 heteroatoms. The number of nitrogens with two attached hydrogens (primary N) is 1. The van der Waals surface area contributed by atoms with Crippen LogP contribution in [0.5, 0.6) is 5.75 Å². The zero-order chi connectivity index (χ0) is 26.7. The lowest BCUT2D eigenvalue weighted by molar-refractivity contribution is -0.132. The van der Waals surface area contributed by atoms with Crippen molar-refractivity contribution in [1.29, 1.82) is 0 Å². The Balaban J connectivity index is 1.35. The fraction of sp³-hybridized carbons (Fsp3) is 0.387. The smallest absolute Gasteiger partial charge is 0.222 e. The molecule has 0 bridgehead atoms. The van der Waals surface area contributed by atoms with Crippen LogP contribution >= 0.6 is 0 Å². The quantitative estimate of drug-likeness (QED) is 0.382. The number of primary amides is 1. The molecule has 0 aliphatic carbocycles. The Kier molecular flexibility index (Phi) is 9.73. The van der Waals surface area contributed by atoms with Gasteiger partial charge in [0.2, 0.25) is 11.8 Å². The molecule has 0 saturated carbocycles. The lowest BCUT2D eigenvalue weighted by Gasteiger charge is -2.40. The molecule has 2 aromatic carbocycles. The summed E-state index contributed by atoms with van der Waals surface area (Å²) in [6.45, 7) is 4.58. The van der Waals surface area contributed by atoms with Crippen molar-refractivity contribution in [2.75, 3.05) is 24.5 Å². The molecule has 1 aromatic heterocycles. The molecule has 1 atom stereocenters. The van der Waals surface area contributed by atoms with Gasteiger partial charge in [0.05, 0.1) is 0 Å². The maximum atomic E-state index is 12.8. The molecular weight excluding hydrogens is 476 g/mol. The van der Waals surface area contributed by atoms with Crippen molar-refractivity contribution in [3.05, 3.63) is 90.3 Å². The Labute approximate surface area is 225 Å². The predicted molar refractivity (Wildman–Crippen MR) is 150 cm³/mol. The maximum absolute atomic E-state index is 12.8. The molecule has 1 aliphatic heterocycles. The Hall–Kier alpha value is -3.87. The second-order valence-electron chi connectivity index (χ2n) is 9.99. The first-order valence-electron chi connectivity index (χ1n) is 13.5. The van der Waals surface area contributed by atoms with Crippen molar-refractivity contribution in [2.24, 2.45) is 11.7 Å². The molecule has 4 rings (SSSR count). The van der Waals surface area contributed by atoms with Gasteiger partial charge in [0.15, 0.2) is 0 Å². The van der Waals surface area contributed by atoms with Gasteiger partial charge in [-0.1, -0.05) is 43.3 Å². The number of hydrogen-bond acceptors (Lipinski definition) is 5. The highest BCUT2D eigenvalue weighted by molar-refractivity contribution is 5.77. The normalized spacial score (nSPS) is 14.6. The molecule has 1 saturated heterocycles. The topological polar surface area (TPSA) is 88.8 Å². The van der Waals surface area contributed by atoms with Gasteiger partial charge in [-0.15, -0.1) is 0 Å². The largest absolute Gasteiger partial charge is 0.489 e. The van der Waals surface area contributed by atoms with E-state index in [-0.39, 0.29) is 23.8 Å². The lowest BCUT2D eigenvalue weighted by atomic mass is 9.99. The first-order valence-corrected chi connectivity index (χ1v) is 13.5. The Bertz CT molecular complexity index is 1150. The standard InChI is InChI=1S/C31H38N4O3/c1-24(31(32)37)16-22-35(27-11-13-29(14-12-27)38-23-25-7-3-2-4-8-25)28-17-20-34(21-18-28)30(36)15-10-26-9-5-6-19-33-26/h2-9,11-14,19,24,28H,10,15-18,20-23H2,1H3,(H2,32,37). The number of nitrogens with zero attached hydrogens (tertiary/aromatic N) is 3. The number of piperidine rings is 1. The van der Waals surface area contributed by atoms with Crippen LogP contribution in [-0.4, -0.2) is 47.4 Å². The number of carbonyl (C=O) groups excluding carboxylic acids is 2. The number of anilines is 1. The minimum atomic E-state index is -0.275. The number of rotatable bonds is 12. The molecule has 7 nitrogen and oxygen atoms in total. The third-order valence-corrected chi connectivity index (χ3v) is 7.28. The van der Waals surface area contributed by atoms with E-state index >= 15 is 0 Å². The summed E-state index contributed by atoms with van der Waals surface area (Å²) in [5.74, 6) is 0.529. The van der Waals surface area contributed by atoms with Crippen LogP contribution in [0, 0.1) is 5.92 Å². The summed E-state index contributed by atoms with van der Waals surface area (Å²) in [5.41, 5.74) is 8.70. The lowest BCUT2D eigenvalue weighted by Crippen LogP contribution is -2.47. The summed E-state index contributed by atoms with van der Waals surface area (Å²) in [6, 6.07) is 24.3.